The number of thioether (sulfide) groups is 1. The van der Waals surface area contributed by atoms with Crippen LogP contribution in [0.3, 0.4) is 0 Å². The predicted octanol–water partition coefficient (Wildman–Crippen LogP) is 5.46. The molecule has 2 aromatic heterocycles. The first-order valence-corrected chi connectivity index (χ1v) is 9.73. The highest BCUT2D eigenvalue weighted by Gasteiger charge is 2.18. The van der Waals surface area contributed by atoms with Crippen LogP contribution >= 0.6 is 23.1 Å². The Hall–Kier alpha value is -1.85. The minimum atomic E-state index is 0.875. The smallest absolute Gasteiger partial charge is 0.167 e. The zero-order chi connectivity index (χ0) is 16.7. The van der Waals surface area contributed by atoms with E-state index in [0.29, 0.717) is 0 Å². The third-order valence-corrected chi connectivity index (χ3v) is 6.56. The summed E-state index contributed by atoms with van der Waals surface area (Å²) in [6.07, 6.45) is 3.35. The first-order valence-electron chi connectivity index (χ1n) is 7.93. The Kier molecular flexibility index (Phi) is 4.06. The van der Waals surface area contributed by atoms with E-state index in [0.717, 1.165) is 34.3 Å². The van der Waals surface area contributed by atoms with Crippen LogP contribution in [0.15, 0.2) is 30.3 Å². The van der Waals surface area contributed by atoms with Gasteiger partial charge in [0.15, 0.2) is 5.82 Å². The van der Waals surface area contributed by atoms with E-state index in [2.05, 4.69) is 32.1 Å². The molecule has 1 aliphatic heterocycles. The van der Waals surface area contributed by atoms with Crippen molar-refractivity contribution >= 4 is 38.2 Å². The summed E-state index contributed by atoms with van der Waals surface area (Å²) >= 11 is 3.59. The lowest BCUT2D eigenvalue weighted by atomic mass is 10.1. The molecule has 1 aliphatic rings. The number of aromatic nitrogens is 2. The van der Waals surface area contributed by atoms with Gasteiger partial charge < -0.3 is 4.74 Å². The molecule has 0 atom stereocenters. The number of hydrogen-bond acceptors (Lipinski definition) is 5. The second-order valence-electron chi connectivity index (χ2n) is 5.81. The fourth-order valence-electron chi connectivity index (χ4n) is 3.06. The number of aryl methyl sites for hydroxylation is 2. The number of hydrogen-bond donors (Lipinski definition) is 0. The third-order valence-electron chi connectivity index (χ3n) is 4.23. The summed E-state index contributed by atoms with van der Waals surface area (Å²) < 4.78 is 5.37. The number of nitrogens with zero attached hydrogens (tertiary/aromatic N) is 2. The molecule has 0 N–H and O–H groups in total. The van der Waals surface area contributed by atoms with Crippen LogP contribution in [0.4, 0.5) is 0 Å². The van der Waals surface area contributed by atoms with Gasteiger partial charge in [0.1, 0.15) is 10.6 Å². The van der Waals surface area contributed by atoms with Crippen molar-refractivity contribution in [1.82, 2.24) is 9.97 Å². The SMILES string of the molecule is COc1cccc(-c2sc3nc(C4=CCCS4)nc(C)c3c2C)c1. The molecule has 3 aromatic rings. The summed E-state index contributed by atoms with van der Waals surface area (Å²) in [4.78, 5) is 13.2. The summed E-state index contributed by atoms with van der Waals surface area (Å²) in [5.74, 6) is 2.88. The Morgan fingerprint density at radius 3 is 2.79 bits per heavy atom. The highest BCUT2D eigenvalue weighted by molar-refractivity contribution is 8.08. The molecule has 0 spiro atoms. The van der Waals surface area contributed by atoms with Gasteiger partial charge in [-0.2, -0.15) is 0 Å². The molecule has 0 saturated heterocycles. The predicted molar refractivity (Wildman–Crippen MR) is 104 cm³/mol. The van der Waals surface area contributed by atoms with Crippen LogP contribution in [0.2, 0.25) is 0 Å². The van der Waals surface area contributed by atoms with Crippen molar-refractivity contribution in [1.29, 1.82) is 0 Å². The van der Waals surface area contributed by atoms with Crippen LogP contribution in [0.1, 0.15) is 23.5 Å². The molecule has 1 aromatic carbocycles. The van der Waals surface area contributed by atoms with Crippen molar-refractivity contribution in [3.63, 3.8) is 0 Å². The van der Waals surface area contributed by atoms with Gasteiger partial charge in [0.25, 0.3) is 0 Å². The fraction of sp³-hybridized carbons (Fsp3) is 0.263. The van der Waals surface area contributed by atoms with E-state index in [-0.39, 0.29) is 0 Å². The molecule has 4 rings (SSSR count). The van der Waals surface area contributed by atoms with Gasteiger partial charge in [-0.15, -0.1) is 23.1 Å². The van der Waals surface area contributed by atoms with Crippen LogP contribution in [0.5, 0.6) is 5.75 Å². The lowest BCUT2D eigenvalue weighted by molar-refractivity contribution is 0.415. The van der Waals surface area contributed by atoms with Crippen LogP contribution in [0, 0.1) is 13.8 Å². The molecule has 122 valence electrons. The molecule has 5 heteroatoms. The summed E-state index contributed by atoms with van der Waals surface area (Å²) in [7, 11) is 1.70. The van der Waals surface area contributed by atoms with Gasteiger partial charge in [-0.25, -0.2) is 9.97 Å². The third kappa shape index (κ3) is 2.62. The van der Waals surface area contributed by atoms with E-state index in [1.807, 2.05) is 23.9 Å². The van der Waals surface area contributed by atoms with Crippen LogP contribution in [-0.4, -0.2) is 22.8 Å². The second-order valence-corrected chi connectivity index (χ2v) is 7.94. The van der Waals surface area contributed by atoms with Crippen LogP contribution in [0.25, 0.3) is 25.6 Å². The van der Waals surface area contributed by atoms with Gasteiger partial charge in [-0.3, -0.25) is 0 Å². The molecule has 0 amide bonds. The van der Waals surface area contributed by atoms with Crippen molar-refractivity contribution in [3.05, 3.63) is 47.4 Å². The van der Waals surface area contributed by atoms with E-state index in [9.17, 15) is 0 Å². The first-order chi connectivity index (χ1) is 11.7. The van der Waals surface area contributed by atoms with Gasteiger partial charge in [0, 0.05) is 20.9 Å². The van der Waals surface area contributed by atoms with Crippen molar-refractivity contribution in [2.75, 3.05) is 12.9 Å². The maximum absolute atomic E-state index is 5.37. The zero-order valence-electron chi connectivity index (χ0n) is 13.9. The Bertz CT molecular complexity index is 959. The monoisotopic (exact) mass is 354 g/mol. The maximum atomic E-state index is 5.37. The summed E-state index contributed by atoms with van der Waals surface area (Å²) in [5.41, 5.74) is 3.48. The Labute approximate surface area is 149 Å². The number of thiophene rings is 1. The first kappa shape index (κ1) is 15.7. The van der Waals surface area contributed by atoms with Crippen molar-refractivity contribution in [3.8, 4) is 16.2 Å². The minimum absolute atomic E-state index is 0.875. The average Bonchev–Trinajstić information content (AvgIpc) is 3.23. The molecule has 0 fully saturated rings. The number of rotatable bonds is 3. The molecular formula is C19H18N2OS2. The molecule has 0 bridgehead atoms. The Morgan fingerprint density at radius 1 is 1.17 bits per heavy atom. The molecule has 3 heterocycles. The van der Waals surface area contributed by atoms with Crippen LogP contribution < -0.4 is 4.74 Å². The maximum Gasteiger partial charge on any atom is 0.167 e. The van der Waals surface area contributed by atoms with Gasteiger partial charge >= 0.3 is 0 Å². The van der Waals surface area contributed by atoms with Gasteiger partial charge in [-0.05, 0) is 43.5 Å². The fourth-order valence-corrected chi connectivity index (χ4v) is 5.20. The quantitative estimate of drug-likeness (QED) is 0.625. The topological polar surface area (TPSA) is 35.0 Å². The van der Waals surface area contributed by atoms with Gasteiger partial charge in [-0.1, -0.05) is 18.2 Å². The van der Waals surface area contributed by atoms with E-state index in [1.165, 1.54) is 26.3 Å². The van der Waals surface area contributed by atoms with Gasteiger partial charge in [0.2, 0.25) is 0 Å². The standard InChI is InChI=1S/C19H18N2OS2/c1-11-16-12(2)20-18(15-8-5-9-23-15)21-19(16)24-17(11)13-6-4-7-14(10-13)22-3/h4,6-8,10H,5,9H2,1-3H3. The summed E-state index contributed by atoms with van der Waals surface area (Å²) in [5, 5.41) is 1.19. The zero-order valence-corrected chi connectivity index (χ0v) is 15.6. The number of ether oxygens (including phenoxy) is 1. The Morgan fingerprint density at radius 2 is 2.04 bits per heavy atom. The van der Waals surface area contributed by atoms with Crippen LogP contribution in [-0.2, 0) is 0 Å². The van der Waals surface area contributed by atoms with Gasteiger partial charge in [0.05, 0.1) is 12.8 Å². The van der Waals surface area contributed by atoms with E-state index in [1.54, 1.807) is 18.4 Å². The summed E-state index contributed by atoms with van der Waals surface area (Å²) in [6, 6.07) is 8.21. The minimum Gasteiger partial charge on any atom is -0.497 e. The average molecular weight is 355 g/mol. The number of allylic oxidation sites excluding steroid dienone is 1. The second kappa shape index (κ2) is 6.22. The molecule has 3 nitrogen and oxygen atoms in total. The number of methoxy groups -OCH3 is 1. The summed E-state index contributed by atoms with van der Waals surface area (Å²) in [6.45, 7) is 4.25. The molecular weight excluding hydrogens is 336 g/mol. The van der Waals surface area contributed by atoms with E-state index < -0.39 is 0 Å². The van der Waals surface area contributed by atoms with Crippen molar-refractivity contribution in [2.45, 2.75) is 20.3 Å². The molecule has 0 unspecified atom stereocenters. The molecule has 0 radical (unpaired) electrons. The number of fused-ring (bicyclic) bond motifs is 1. The number of benzene rings is 1. The van der Waals surface area contributed by atoms with E-state index >= 15 is 0 Å². The molecule has 0 aliphatic carbocycles. The lowest BCUT2D eigenvalue weighted by Gasteiger charge is -2.04. The van der Waals surface area contributed by atoms with Crippen molar-refractivity contribution < 1.29 is 4.74 Å². The lowest BCUT2D eigenvalue weighted by Crippen LogP contribution is -1.94. The molecule has 0 saturated carbocycles. The highest BCUT2D eigenvalue weighted by Crippen LogP contribution is 2.40. The normalized spacial score (nSPS) is 14.2. The molecule has 24 heavy (non-hydrogen) atoms. The Balaban J connectivity index is 1.89. The largest absolute Gasteiger partial charge is 0.497 e. The highest BCUT2D eigenvalue weighted by atomic mass is 32.2. The van der Waals surface area contributed by atoms with Crippen molar-refractivity contribution in [2.24, 2.45) is 0 Å². The van der Waals surface area contributed by atoms with E-state index in [4.69, 9.17) is 14.7 Å².